The van der Waals surface area contributed by atoms with Gasteiger partial charge in [0.25, 0.3) is 0 Å². The maximum absolute atomic E-state index is 9.72. The Morgan fingerprint density at radius 1 is 1.32 bits per heavy atom. The Kier molecular flexibility index (Phi) is 4.50. The molecule has 0 radical (unpaired) electrons. The lowest BCUT2D eigenvalue weighted by Gasteiger charge is -2.27. The second kappa shape index (κ2) is 6.55. The van der Waals surface area contributed by atoms with Crippen molar-refractivity contribution < 1.29 is 9.52 Å². The Bertz CT molecular complexity index is 733. The molecule has 0 aliphatic carbocycles. The van der Waals surface area contributed by atoms with Gasteiger partial charge in [-0.25, -0.2) is 0 Å². The van der Waals surface area contributed by atoms with E-state index in [-0.39, 0.29) is 5.75 Å². The van der Waals surface area contributed by atoms with Gasteiger partial charge in [-0.05, 0) is 49.5 Å². The van der Waals surface area contributed by atoms with Crippen molar-refractivity contribution in [3.05, 3.63) is 52.4 Å². The van der Waals surface area contributed by atoms with Crippen molar-refractivity contribution in [1.29, 1.82) is 0 Å². The van der Waals surface area contributed by atoms with Gasteiger partial charge in [0, 0.05) is 28.4 Å². The second-order valence-corrected chi connectivity index (χ2v) is 6.58. The number of aromatic hydroxyl groups is 1. The predicted octanol–water partition coefficient (Wildman–Crippen LogP) is 5.17. The predicted molar refractivity (Wildman–Crippen MR) is 91.3 cm³/mol. The smallest absolute Gasteiger partial charge is 0.134 e. The number of thiophene rings is 1. The van der Waals surface area contributed by atoms with Crippen molar-refractivity contribution in [2.24, 2.45) is 0 Å². The van der Waals surface area contributed by atoms with Gasteiger partial charge >= 0.3 is 0 Å². The van der Waals surface area contributed by atoms with Gasteiger partial charge in [0.2, 0.25) is 0 Å². The summed E-state index contributed by atoms with van der Waals surface area (Å²) in [6, 6.07) is 9.94. The maximum Gasteiger partial charge on any atom is 0.134 e. The number of nitrogens with zero attached hydrogens (tertiary/aromatic N) is 1. The van der Waals surface area contributed by atoms with Crippen LogP contribution in [0.5, 0.6) is 5.75 Å². The zero-order valence-corrected chi connectivity index (χ0v) is 13.8. The monoisotopic (exact) mass is 315 g/mol. The summed E-state index contributed by atoms with van der Waals surface area (Å²) in [6.07, 6.45) is 2.92. The molecule has 0 bridgehead atoms. The van der Waals surface area contributed by atoms with Gasteiger partial charge in [-0.2, -0.15) is 0 Å². The lowest BCUT2D eigenvalue weighted by molar-refractivity contribution is 0.204. The van der Waals surface area contributed by atoms with E-state index in [0.29, 0.717) is 6.04 Å². The highest BCUT2D eigenvalue weighted by atomic mass is 32.1. The molecule has 0 fully saturated rings. The van der Waals surface area contributed by atoms with Crippen LogP contribution < -0.4 is 0 Å². The van der Waals surface area contributed by atoms with E-state index in [4.69, 9.17) is 4.42 Å². The van der Waals surface area contributed by atoms with Crippen LogP contribution in [0.15, 0.2) is 46.4 Å². The fraction of sp³-hybridized carbons (Fsp3) is 0.333. The highest BCUT2D eigenvalue weighted by Crippen LogP contribution is 2.30. The van der Waals surface area contributed by atoms with E-state index in [0.717, 1.165) is 36.0 Å². The zero-order chi connectivity index (χ0) is 15.5. The summed E-state index contributed by atoms with van der Waals surface area (Å²) >= 11 is 1.80. The van der Waals surface area contributed by atoms with Gasteiger partial charge in [-0.15, -0.1) is 11.3 Å². The Morgan fingerprint density at radius 3 is 2.91 bits per heavy atom. The summed E-state index contributed by atoms with van der Waals surface area (Å²) in [7, 11) is 0. The summed E-state index contributed by atoms with van der Waals surface area (Å²) in [5.74, 6) is 0.281. The molecular formula is C18H21NO2S. The lowest BCUT2D eigenvalue weighted by Crippen LogP contribution is -2.26. The van der Waals surface area contributed by atoms with Gasteiger partial charge < -0.3 is 9.52 Å². The van der Waals surface area contributed by atoms with Gasteiger partial charge in [0.15, 0.2) is 0 Å². The van der Waals surface area contributed by atoms with Crippen molar-refractivity contribution >= 4 is 22.3 Å². The van der Waals surface area contributed by atoms with Crippen LogP contribution in [0.1, 0.15) is 36.8 Å². The van der Waals surface area contributed by atoms with E-state index < -0.39 is 0 Å². The Hall–Kier alpha value is -1.78. The molecule has 0 aliphatic rings. The molecule has 116 valence electrons. The molecule has 0 aliphatic heterocycles. The fourth-order valence-electron chi connectivity index (χ4n) is 2.82. The highest BCUT2D eigenvalue weighted by molar-refractivity contribution is 7.10. The summed E-state index contributed by atoms with van der Waals surface area (Å²) in [6.45, 7) is 6.31. The second-order valence-electron chi connectivity index (χ2n) is 5.60. The molecule has 3 rings (SSSR count). The molecule has 1 aromatic carbocycles. The molecule has 1 N–H and O–H groups in total. The summed E-state index contributed by atoms with van der Waals surface area (Å²) in [4.78, 5) is 3.84. The number of benzene rings is 1. The Morgan fingerprint density at radius 2 is 2.18 bits per heavy atom. The van der Waals surface area contributed by atoms with Crippen molar-refractivity contribution in [3.8, 4) is 5.75 Å². The first-order valence-electron chi connectivity index (χ1n) is 7.65. The number of rotatable bonds is 6. The molecule has 2 aromatic heterocycles. The average Bonchev–Trinajstić information content (AvgIpc) is 3.16. The Balaban J connectivity index is 1.87. The van der Waals surface area contributed by atoms with Crippen molar-refractivity contribution in [1.82, 2.24) is 4.90 Å². The fourth-order valence-corrected chi connectivity index (χ4v) is 3.63. The molecule has 4 heteroatoms. The third kappa shape index (κ3) is 3.03. The molecule has 1 unspecified atom stereocenters. The minimum Gasteiger partial charge on any atom is -0.508 e. The van der Waals surface area contributed by atoms with Crippen LogP contribution in [0.2, 0.25) is 0 Å². The number of phenolic OH excluding ortho intramolecular Hbond substituents is 1. The molecule has 0 spiro atoms. The zero-order valence-electron chi connectivity index (χ0n) is 13.0. The van der Waals surface area contributed by atoms with Crippen LogP contribution in [-0.4, -0.2) is 16.6 Å². The van der Waals surface area contributed by atoms with Gasteiger partial charge in [-0.1, -0.05) is 13.0 Å². The number of fused-ring (bicyclic) bond motifs is 1. The summed E-state index contributed by atoms with van der Waals surface area (Å²) < 4.78 is 5.62. The third-order valence-corrected chi connectivity index (χ3v) is 5.07. The van der Waals surface area contributed by atoms with Gasteiger partial charge in [0.05, 0.1) is 6.26 Å². The number of furan rings is 1. The van der Waals surface area contributed by atoms with Crippen LogP contribution in [0.3, 0.4) is 0 Å². The number of hydrogen-bond donors (Lipinski definition) is 1. The average molecular weight is 315 g/mol. The highest BCUT2D eigenvalue weighted by Gasteiger charge is 2.18. The number of phenols is 1. The quantitative estimate of drug-likeness (QED) is 0.681. The van der Waals surface area contributed by atoms with E-state index in [9.17, 15) is 5.11 Å². The molecule has 2 heterocycles. The van der Waals surface area contributed by atoms with Crippen molar-refractivity contribution in [2.75, 3.05) is 6.54 Å². The topological polar surface area (TPSA) is 36.6 Å². The van der Waals surface area contributed by atoms with Crippen LogP contribution >= 0.6 is 11.3 Å². The van der Waals surface area contributed by atoms with Crippen molar-refractivity contribution in [2.45, 2.75) is 32.9 Å². The first-order chi connectivity index (χ1) is 10.7. The van der Waals surface area contributed by atoms with E-state index in [1.165, 1.54) is 4.88 Å². The molecule has 22 heavy (non-hydrogen) atoms. The van der Waals surface area contributed by atoms with Crippen LogP contribution in [-0.2, 0) is 6.54 Å². The normalized spacial score (nSPS) is 13.0. The lowest BCUT2D eigenvalue weighted by atomic mass is 10.1. The Labute approximate surface area is 134 Å². The summed E-state index contributed by atoms with van der Waals surface area (Å²) in [5, 5.41) is 12.8. The molecular weight excluding hydrogens is 294 g/mol. The van der Waals surface area contributed by atoms with Crippen LogP contribution in [0.4, 0.5) is 0 Å². The maximum atomic E-state index is 9.72. The van der Waals surface area contributed by atoms with Crippen molar-refractivity contribution in [3.63, 3.8) is 0 Å². The van der Waals surface area contributed by atoms with Crippen LogP contribution in [0, 0.1) is 0 Å². The first kappa shape index (κ1) is 15.1. The van der Waals surface area contributed by atoms with E-state index in [1.54, 1.807) is 23.5 Å². The molecule has 0 amide bonds. The molecule has 3 aromatic rings. The standard InChI is InChI=1S/C18H21NO2S/c1-3-8-19(13(2)18-5-4-9-22-18)11-14-12-21-17-7-6-15(20)10-16(14)17/h4-7,9-10,12-13,20H,3,8,11H2,1-2H3. The largest absolute Gasteiger partial charge is 0.508 e. The minimum atomic E-state index is 0.281. The van der Waals surface area contributed by atoms with Gasteiger partial charge in [-0.3, -0.25) is 4.90 Å². The van der Waals surface area contributed by atoms with E-state index in [1.807, 2.05) is 12.3 Å². The molecule has 3 nitrogen and oxygen atoms in total. The summed E-state index contributed by atoms with van der Waals surface area (Å²) in [5.41, 5.74) is 1.95. The number of hydrogen-bond acceptors (Lipinski definition) is 4. The van der Waals surface area contributed by atoms with Crippen LogP contribution in [0.25, 0.3) is 11.0 Å². The van der Waals surface area contributed by atoms with E-state index in [2.05, 4.69) is 36.3 Å². The van der Waals surface area contributed by atoms with Gasteiger partial charge in [0.1, 0.15) is 11.3 Å². The minimum absolute atomic E-state index is 0.281. The molecule has 0 saturated heterocycles. The third-order valence-electron chi connectivity index (χ3n) is 4.02. The van der Waals surface area contributed by atoms with E-state index >= 15 is 0 Å². The molecule has 1 atom stereocenters. The first-order valence-corrected chi connectivity index (χ1v) is 8.53. The molecule has 0 saturated carbocycles. The SMILES string of the molecule is CCCN(Cc1coc2ccc(O)cc12)C(C)c1cccs1.